The summed E-state index contributed by atoms with van der Waals surface area (Å²) in [6, 6.07) is 3.47. The van der Waals surface area contributed by atoms with Crippen LogP contribution in [-0.4, -0.2) is 41.4 Å². The standard InChI is InChI=1S/C16H17N5O5S2/c17-28(24,25)20-5-3-10(4-6-20)14(22)19-21-9-18-15-13(16(21)23)11(8-27-15)12-2-1-7-26-12/h1-2,7-10H,3-6H2,(H,19,22)(H2,17,24,25). The van der Waals surface area contributed by atoms with Crippen molar-refractivity contribution in [3.05, 3.63) is 40.5 Å². The Morgan fingerprint density at radius 1 is 1.36 bits per heavy atom. The molecular formula is C16H17N5O5S2. The summed E-state index contributed by atoms with van der Waals surface area (Å²) in [4.78, 5) is 30.2. The zero-order chi connectivity index (χ0) is 19.9. The molecule has 10 nitrogen and oxygen atoms in total. The minimum absolute atomic E-state index is 0.163. The second kappa shape index (κ2) is 7.13. The molecule has 1 saturated heterocycles. The van der Waals surface area contributed by atoms with Crippen LogP contribution in [0, 0.1) is 5.92 Å². The number of carbonyl (C=O) groups is 1. The Hall–Kier alpha value is -2.54. The van der Waals surface area contributed by atoms with Gasteiger partial charge in [-0.05, 0) is 25.0 Å². The van der Waals surface area contributed by atoms with Gasteiger partial charge >= 0.3 is 0 Å². The van der Waals surface area contributed by atoms with Crippen LogP contribution in [0.1, 0.15) is 12.8 Å². The van der Waals surface area contributed by atoms with Gasteiger partial charge in [-0.15, -0.1) is 11.3 Å². The maximum atomic E-state index is 12.9. The molecule has 148 valence electrons. The number of hydrogen-bond donors (Lipinski definition) is 2. The summed E-state index contributed by atoms with van der Waals surface area (Å²) in [6.45, 7) is 0.326. The van der Waals surface area contributed by atoms with E-state index in [1.807, 2.05) is 0 Å². The highest BCUT2D eigenvalue weighted by atomic mass is 32.2. The SMILES string of the molecule is NS(=O)(=O)N1CCC(C(=O)Nn2cnc3scc(-c4ccco4)c3c2=O)CC1. The minimum Gasteiger partial charge on any atom is -0.464 e. The average molecular weight is 423 g/mol. The number of nitrogens with one attached hydrogen (secondary N) is 1. The molecule has 3 aromatic rings. The van der Waals surface area contributed by atoms with Crippen LogP contribution in [0.2, 0.25) is 0 Å². The second-order valence-corrected chi connectivity index (χ2v) is 8.83. The summed E-state index contributed by atoms with van der Waals surface area (Å²) in [6.07, 6.45) is 3.43. The molecule has 1 aliphatic rings. The van der Waals surface area contributed by atoms with E-state index in [4.69, 9.17) is 9.56 Å². The number of hydrogen-bond acceptors (Lipinski definition) is 7. The number of aromatic nitrogens is 2. The highest BCUT2D eigenvalue weighted by molar-refractivity contribution is 7.86. The Bertz CT molecular complexity index is 1170. The van der Waals surface area contributed by atoms with E-state index in [2.05, 4.69) is 10.4 Å². The maximum Gasteiger partial charge on any atom is 0.281 e. The molecule has 3 N–H and O–H groups in total. The highest BCUT2D eigenvalue weighted by Crippen LogP contribution is 2.30. The number of piperidine rings is 1. The Morgan fingerprint density at radius 2 is 2.11 bits per heavy atom. The van der Waals surface area contributed by atoms with Gasteiger partial charge < -0.3 is 4.42 Å². The van der Waals surface area contributed by atoms with E-state index in [0.717, 1.165) is 8.98 Å². The Morgan fingerprint density at radius 3 is 2.75 bits per heavy atom. The minimum atomic E-state index is -3.76. The molecule has 0 saturated carbocycles. The number of thiophene rings is 1. The van der Waals surface area contributed by atoms with E-state index in [1.165, 1.54) is 23.9 Å². The lowest BCUT2D eigenvalue weighted by Crippen LogP contribution is -2.45. The van der Waals surface area contributed by atoms with Crippen molar-refractivity contribution in [2.75, 3.05) is 18.5 Å². The first kappa shape index (κ1) is 18.8. The quantitative estimate of drug-likeness (QED) is 0.633. The van der Waals surface area contributed by atoms with Gasteiger partial charge in [-0.2, -0.15) is 12.7 Å². The molecule has 0 radical (unpaired) electrons. The van der Waals surface area contributed by atoms with Crippen molar-refractivity contribution in [2.24, 2.45) is 11.1 Å². The molecule has 0 atom stereocenters. The van der Waals surface area contributed by atoms with Crippen LogP contribution < -0.4 is 16.1 Å². The molecule has 12 heteroatoms. The lowest BCUT2D eigenvalue weighted by atomic mass is 9.98. The molecule has 1 amide bonds. The summed E-state index contributed by atoms with van der Waals surface area (Å²) in [5.41, 5.74) is 2.77. The third-order valence-corrected chi connectivity index (χ3v) is 6.67. The molecule has 4 rings (SSSR count). The van der Waals surface area contributed by atoms with Crippen molar-refractivity contribution in [3.8, 4) is 11.3 Å². The number of carbonyl (C=O) groups excluding carboxylic acids is 1. The predicted molar refractivity (Wildman–Crippen MR) is 103 cm³/mol. The monoisotopic (exact) mass is 423 g/mol. The van der Waals surface area contributed by atoms with E-state index >= 15 is 0 Å². The largest absolute Gasteiger partial charge is 0.464 e. The summed E-state index contributed by atoms with van der Waals surface area (Å²) in [7, 11) is -3.76. The van der Waals surface area contributed by atoms with Crippen LogP contribution in [0.3, 0.4) is 0 Å². The van der Waals surface area contributed by atoms with E-state index in [-0.39, 0.29) is 19.0 Å². The first-order valence-corrected chi connectivity index (χ1v) is 10.8. The van der Waals surface area contributed by atoms with Crippen molar-refractivity contribution in [2.45, 2.75) is 12.8 Å². The predicted octanol–water partition coefficient (Wildman–Crippen LogP) is 0.704. The van der Waals surface area contributed by atoms with Gasteiger partial charge in [0.1, 0.15) is 16.9 Å². The van der Waals surface area contributed by atoms with Crippen molar-refractivity contribution >= 4 is 37.7 Å². The normalized spacial score (nSPS) is 16.5. The van der Waals surface area contributed by atoms with Crippen LogP contribution >= 0.6 is 11.3 Å². The molecule has 1 aliphatic heterocycles. The smallest absolute Gasteiger partial charge is 0.281 e. The van der Waals surface area contributed by atoms with Gasteiger partial charge in [-0.3, -0.25) is 15.0 Å². The van der Waals surface area contributed by atoms with Gasteiger partial charge in [0.2, 0.25) is 5.91 Å². The number of fused-ring (bicyclic) bond motifs is 1. The number of rotatable bonds is 4. The van der Waals surface area contributed by atoms with Gasteiger partial charge in [0.05, 0.1) is 11.6 Å². The highest BCUT2D eigenvalue weighted by Gasteiger charge is 2.29. The number of furan rings is 1. The molecule has 28 heavy (non-hydrogen) atoms. The zero-order valence-electron chi connectivity index (χ0n) is 14.6. The van der Waals surface area contributed by atoms with E-state index in [9.17, 15) is 18.0 Å². The van der Waals surface area contributed by atoms with Crippen LogP contribution in [0.15, 0.2) is 39.3 Å². The van der Waals surface area contributed by atoms with E-state index in [1.54, 1.807) is 17.5 Å². The Balaban J connectivity index is 1.56. The molecule has 4 heterocycles. The molecular weight excluding hydrogens is 406 g/mol. The summed E-state index contributed by atoms with van der Waals surface area (Å²) in [5, 5.41) is 7.26. The lowest BCUT2D eigenvalue weighted by molar-refractivity contribution is -0.121. The van der Waals surface area contributed by atoms with Crippen molar-refractivity contribution in [3.63, 3.8) is 0 Å². The lowest BCUT2D eigenvalue weighted by Gasteiger charge is -2.29. The number of amides is 1. The second-order valence-electron chi connectivity index (χ2n) is 6.42. The molecule has 0 bridgehead atoms. The summed E-state index contributed by atoms with van der Waals surface area (Å²) in [5.74, 6) is -0.246. The van der Waals surface area contributed by atoms with Crippen LogP contribution in [0.25, 0.3) is 21.5 Å². The van der Waals surface area contributed by atoms with Crippen LogP contribution in [0.4, 0.5) is 0 Å². The van der Waals surface area contributed by atoms with Crippen molar-refractivity contribution in [1.29, 1.82) is 0 Å². The first-order valence-electron chi connectivity index (χ1n) is 8.46. The number of nitrogens with two attached hydrogens (primary N) is 1. The fourth-order valence-corrected chi connectivity index (χ4v) is 4.81. The molecule has 0 unspecified atom stereocenters. The van der Waals surface area contributed by atoms with Crippen LogP contribution in [-0.2, 0) is 15.0 Å². The molecule has 1 fully saturated rings. The fourth-order valence-electron chi connectivity index (χ4n) is 3.21. The van der Waals surface area contributed by atoms with E-state index in [0.29, 0.717) is 34.4 Å². The number of nitrogens with zero attached hydrogens (tertiary/aromatic N) is 3. The van der Waals surface area contributed by atoms with Gasteiger partial charge in [-0.25, -0.2) is 14.8 Å². The van der Waals surface area contributed by atoms with E-state index < -0.39 is 21.7 Å². The average Bonchev–Trinajstić information content (AvgIpc) is 3.32. The third-order valence-electron chi connectivity index (χ3n) is 4.70. The van der Waals surface area contributed by atoms with Gasteiger partial charge in [0.25, 0.3) is 15.8 Å². The Kier molecular flexibility index (Phi) is 4.79. The Labute approximate surface area is 163 Å². The van der Waals surface area contributed by atoms with Crippen molar-refractivity contribution < 1.29 is 17.6 Å². The van der Waals surface area contributed by atoms with Crippen molar-refractivity contribution in [1.82, 2.24) is 14.0 Å². The maximum absolute atomic E-state index is 12.9. The van der Waals surface area contributed by atoms with Crippen LogP contribution in [0.5, 0.6) is 0 Å². The van der Waals surface area contributed by atoms with Gasteiger partial charge in [0, 0.05) is 30.0 Å². The first-order chi connectivity index (χ1) is 13.3. The molecule has 0 spiro atoms. The summed E-state index contributed by atoms with van der Waals surface area (Å²) < 4.78 is 30.3. The molecule has 0 aromatic carbocycles. The van der Waals surface area contributed by atoms with Gasteiger partial charge in [-0.1, -0.05) is 0 Å². The zero-order valence-corrected chi connectivity index (χ0v) is 16.2. The molecule has 0 aliphatic carbocycles. The van der Waals surface area contributed by atoms with Gasteiger partial charge in [0.15, 0.2) is 0 Å². The third kappa shape index (κ3) is 3.46. The summed E-state index contributed by atoms with van der Waals surface area (Å²) >= 11 is 1.31. The topological polar surface area (TPSA) is 141 Å². The fraction of sp³-hybridized carbons (Fsp3) is 0.312. The molecule has 3 aromatic heterocycles.